The number of sulfonamides is 1. The molecule has 0 aliphatic rings. The van der Waals surface area contributed by atoms with Gasteiger partial charge in [0.05, 0.1) is 17.0 Å². The predicted octanol–water partition coefficient (Wildman–Crippen LogP) is 2.82. The highest BCUT2D eigenvalue weighted by Crippen LogP contribution is 2.21. The van der Waals surface area contributed by atoms with Crippen molar-refractivity contribution in [1.82, 2.24) is 24.6 Å². The van der Waals surface area contributed by atoms with Crippen LogP contribution in [0.5, 0.6) is 0 Å². The van der Waals surface area contributed by atoms with Crippen molar-refractivity contribution in [2.45, 2.75) is 38.3 Å². The number of rotatable bonds is 9. The Kier molecular flexibility index (Phi) is 7.06. The van der Waals surface area contributed by atoms with Crippen molar-refractivity contribution >= 4 is 38.6 Å². The number of carbonyl (C=O) groups is 1. The molecule has 0 fully saturated rings. The quantitative estimate of drug-likeness (QED) is 0.541. The van der Waals surface area contributed by atoms with Crippen LogP contribution in [-0.4, -0.2) is 46.7 Å². The highest BCUT2D eigenvalue weighted by molar-refractivity contribution is 7.89. The Morgan fingerprint density at radius 1 is 1.17 bits per heavy atom. The van der Waals surface area contributed by atoms with E-state index in [-0.39, 0.29) is 17.2 Å². The molecule has 30 heavy (non-hydrogen) atoms. The normalized spacial score (nSPS) is 11.9. The van der Waals surface area contributed by atoms with Gasteiger partial charge in [0.25, 0.3) is 0 Å². The molecule has 0 aliphatic heterocycles. The van der Waals surface area contributed by atoms with Crippen molar-refractivity contribution in [1.29, 1.82) is 0 Å². The molecule has 3 aromatic rings. The first kappa shape index (κ1) is 22.2. The van der Waals surface area contributed by atoms with Gasteiger partial charge in [-0.25, -0.2) is 13.1 Å². The van der Waals surface area contributed by atoms with Gasteiger partial charge in [0.1, 0.15) is 5.52 Å². The first-order valence-electron chi connectivity index (χ1n) is 9.70. The summed E-state index contributed by atoms with van der Waals surface area (Å²) < 4.78 is 28.3. The minimum atomic E-state index is -3.56. The fourth-order valence-electron chi connectivity index (χ4n) is 3.12. The van der Waals surface area contributed by atoms with Crippen LogP contribution in [0.4, 0.5) is 0 Å². The third-order valence-corrected chi connectivity index (χ3v) is 7.23. The summed E-state index contributed by atoms with van der Waals surface area (Å²) in [6, 6.07) is 12.1. The van der Waals surface area contributed by atoms with Crippen molar-refractivity contribution in [3.8, 4) is 0 Å². The highest BCUT2D eigenvalue weighted by atomic mass is 35.5. The average Bonchev–Trinajstić information content (AvgIpc) is 3.14. The molecule has 1 heterocycles. The molecule has 10 heteroatoms. The molecule has 1 aromatic heterocycles. The molecule has 0 spiro atoms. The predicted molar refractivity (Wildman–Crippen MR) is 116 cm³/mol. The topological polar surface area (TPSA) is 97.2 Å². The Morgan fingerprint density at radius 2 is 1.90 bits per heavy atom. The van der Waals surface area contributed by atoms with E-state index in [1.54, 1.807) is 36.7 Å². The summed E-state index contributed by atoms with van der Waals surface area (Å²) in [5, 5.41) is 11.6. The second-order valence-electron chi connectivity index (χ2n) is 6.67. The Labute approximate surface area is 180 Å². The number of fused-ring (bicyclic) bond motifs is 1. The maximum absolute atomic E-state index is 12.7. The van der Waals surface area contributed by atoms with Gasteiger partial charge in [-0.15, -0.1) is 5.10 Å². The zero-order valence-electron chi connectivity index (χ0n) is 16.9. The molecule has 0 saturated carbocycles. The molecule has 0 radical (unpaired) electrons. The molecule has 1 N–H and O–H groups in total. The monoisotopic (exact) mass is 449 g/mol. The van der Waals surface area contributed by atoms with Gasteiger partial charge in [0.15, 0.2) is 0 Å². The van der Waals surface area contributed by atoms with Crippen LogP contribution in [-0.2, 0) is 27.9 Å². The number of halogens is 1. The number of nitrogens with zero attached hydrogens (tertiary/aromatic N) is 4. The number of hydrogen-bond donors (Lipinski definition) is 1. The van der Waals surface area contributed by atoms with Crippen molar-refractivity contribution in [2.75, 3.05) is 13.1 Å². The maximum atomic E-state index is 12.7. The van der Waals surface area contributed by atoms with E-state index in [2.05, 4.69) is 15.6 Å². The molecular formula is C20H24ClN5O3S. The molecule has 0 atom stereocenters. The molecule has 3 rings (SSSR count). The van der Waals surface area contributed by atoms with E-state index in [1.165, 1.54) is 10.4 Å². The van der Waals surface area contributed by atoms with Crippen LogP contribution in [0.1, 0.15) is 25.8 Å². The van der Waals surface area contributed by atoms with Gasteiger partial charge in [0.2, 0.25) is 15.9 Å². The van der Waals surface area contributed by atoms with Crippen molar-refractivity contribution in [3.63, 3.8) is 0 Å². The number of amides is 1. The molecule has 8 nitrogen and oxygen atoms in total. The Bertz CT molecular complexity index is 1140. The minimum Gasteiger partial charge on any atom is -0.352 e. The van der Waals surface area contributed by atoms with E-state index in [0.29, 0.717) is 42.2 Å². The van der Waals surface area contributed by atoms with Crippen LogP contribution in [0.15, 0.2) is 47.4 Å². The van der Waals surface area contributed by atoms with Gasteiger partial charge >= 0.3 is 0 Å². The van der Waals surface area contributed by atoms with Crippen molar-refractivity contribution < 1.29 is 13.2 Å². The molecule has 0 aliphatic carbocycles. The fourth-order valence-corrected chi connectivity index (χ4v) is 4.80. The molecular weight excluding hydrogens is 426 g/mol. The second-order valence-corrected chi connectivity index (χ2v) is 9.02. The van der Waals surface area contributed by atoms with Gasteiger partial charge in [-0.1, -0.05) is 48.9 Å². The Morgan fingerprint density at radius 3 is 2.60 bits per heavy atom. The van der Waals surface area contributed by atoms with Crippen LogP contribution in [0.25, 0.3) is 11.0 Å². The zero-order chi connectivity index (χ0) is 21.7. The molecule has 160 valence electrons. The number of aromatic nitrogens is 3. The summed E-state index contributed by atoms with van der Waals surface area (Å²) in [4.78, 5) is 12.4. The van der Waals surface area contributed by atoms with E-state index in [9.17, 15) is 13.2 Å². The molecule has 0 saturated heterocycles. The van der Waals surface area contributed by atoms with Crippen LogP contribution in [0.3, 0.4) is 0 Å². The van der Waals surface area contributed by atoms with Crippen molar-refractivity contribution in [2.24, 2.45) is 0 Å². The van der Waals surface area contributed by atoms with E-state index in [1.807, 2.05) is 18.2 Å². The first-order chi connectivity index (χ1) is 14.4. The van der Waals surface area contributed by atoms with E-state index in [4.69, 9.17) is 11.6 Å². The first-order valence-corrected chi connectivity index (χ1v) is 11.5. The maximum Gasteiger partial charge on any atom is 0.243 e. The second kappa shape index (κ2) is 9.55. The van der Waals surface area contributed by atoms with Gasteiger partial charge < -0.3 is 5.32 Å². The highest BCUT2D eigenvalue weighted by Gasteiger charge is 2.22. The fraction of sp³-hybridized carbons (Fsp3) is 0.350. The van der Waals surface area contributed by atoms with Gasteiger partial charge in [-0.3, -0.25) is 4.79 Å². The lowest BCUT2D eigenvalue weighted by atomic mass is 10.2. The van der Waals surface area contributed by atoms with Crippen LogP contribution in [0.2, 0.25) is 5.02 Å². The zero-order valence-corrected chi connectivity index (χ0v) is 18.4. The number of hydrogen-bond acceptors (Lipinski definition) is 5. The van der Waals surface area contributed by atoms with Crippen LogP contribution >= 0.6 is 11.6 Å². The van der Waals surface area contributed by atoms with Gasteiger partial charge in [-0.2, -0.15) is 4.31 Å². The third kappa shape index (κ3) is 4.80. The van der Waals surface area contributed by atoms with Crippen molar-refractivity contribution in [3.05, 3.63) is 53.1 Å². The molecule has 2 aromatic carbocycles. The standard InChI is InChI=1S/C20H24ClN5O3S/c1-3-25(4-2)30(28,29)16-9-10-19-18(13-16)23-24-26(19)12-11-20(27)22-14-15-7-5-6-8-17(15)21/h5-10,13H,3-4,11-12,14H2,1-2H3,(H,22,27). The third-order valence-electron chi connectivity index (χ3n) is 4.81. The summed E-state index contributed by atoms with van der Waals surface area (Å²) in [5.41, 5.74) is 1.99. The smallest absolute Gasteiger partial charge is 0.243 e. The minimum absolute atomic E-state index is 0.140. The summed E-state index contributed by atoms with van der Waals surface area (Å²) in [6.45, 7) is 5.06. The van der Waals surface area contributed by atoms with E-state index >= 15 is 0 Å². The molecule has 1 amide bonds. The molecule has 0 unspecified atom stereocenters. The lowest BCUT2D eigenvalue weighted by molar-refractivity contribution is -0.121. The Hall–Kier alpha value is -2.49. The number of carbonyl (C=O) groups excluding carboxylic acids is 1. The van der Waals surface area contributed by atoms with Gasteiger partial charge in [-0.05, 0) is 29.8 Å². The van der Waals surface area contributed by atoms with Crippen LogP contribution in [0, 0.1) is 0 Å². The SMILES string of the molecule is CCN(CC)S(=O)(=O)c1ccc2c(c1)nnn2CCC(=O)NCc1ccccc1Cl. The number of aryl methyl sites for hydroxylation is 1. The average molecular weight is 450 g/mol. The summed E-state index contributed by atoms with van der Waals surface area (Å²) in [6.07, 6.45) is 0.211. The lowest BCUT2D eigenvalue weighted by Gasteiger charge is -2.18. The van der Waals surface area contributed by atoms with E-state index < -0.39 is 10.0 Å². The number of benzene rings is 2. The van der Waals surface area contributed by atoms with E-state index in [0.717, 1.165) is 5.56 Å². The summed E-state index contributed by atoms with van der Waals surface area (Å²) in [5.74, 6) is -0.140. The largest absolute Gasteiger partial charge is 0.352 e. The summed E-state index contributed by atoms with van der Waals surface area (Å²) >= 11 is 6.09. The lowest BCUT2D eigenvalue weighted by Crippen LogP contribution is -2.30. The summed E-state index contributed by atoms with van der Waals surface area (Å²) in [7, 11) is -3.56. The number of nitrogens with one attached hydrogen (secondary N) is 1. The van der Waals surface area contributed by atoms with Crippen LogP contribution < -0.4 is 5.32 Å². The molecule has 0 bridgehead atoms. The Balaban J connectivity index is 1.66. The van der Waals surface area contributed by atoms with Gasteiger partial charge in [0, 0.05) is 31.1 Å².